The number of rotatable bonds is 7. The van der Waals surface area contributed by atoms with Crippen molar-refractivity contribution in [3.8, 4) is 11.5 Å². The average Bonchev–Trinajstić information content (AvgIpc) is 3.09. The zero-order valence-electron chi connectivity index (χ0n) is 19.1. The highest BCUT2D eigenvalue weighted by Crippen LogP contribution is 2.46. The van der Waals surface area contributed by atoms with Crippen molar-refractivity contribution in [3.63, 3.8) is 0 Å². The van der Waals surface area contributed by atoms with Gasteiger partial charge in [-0.15, -0.1) is 0 Å². The molecule has 0 radical (unpaired) electrons. The van der Waals surface area contributed by atoms with Crippen LogP contribution in [0, 0.1) is 0 Å². The number of hydrogen-bond donors (Lipinski definition) is 2. The molecule has 0 unspecified atom stereocenters. The molecule has 2 N–H and O–H groups in total. The van der Waals surface area contributed by atoms with E-state index >= 15 is 0 Å². The molecule has 2 aromatic rings. The molecule has 0 aromatic heterocycles. The molecule has 1 aliphatic carbocycles. The molecule has 2 amide bonds. The van der Waals surface area contributed by atoms with Crippen molar-refractivity contribution in [2.75, 3.05) is 34.5 Å². The molecule has 172 valence electrons. The lowest BCUT2D eigenvalue weighted by atomic mass is 9.69. The minimum Gasteiger partial charge on any atom is -0.508 e. The van der Waals surface area contributed by atoms with Crippen LogP contribution in [0.3, 0.4) is 0 Å². The highest BCUT2D eigenvalue weighted by atomic mass is 16.7. The predicted octanol–water partition coefficient (Wildman–Crippen LogP) is 3.67. The Kier molecular flexibility index (Phi) is 6.31. The Balaban J connectivity index is 1.45. The van der Waals surface area contributed by atoms with Crippen LogP contribution in [-0.2, 0) is 16.8 Å². The van der Waals surface area contributed by atoms with Gasteiger partial charge in [-0.25, -0.2) is 4.79 Å². The molecule has 4 rings (SSSR count). The van der Waals surface area contributed by atoms with Crippen molar-refractivity contribution >= 4 is 6.03 Å². The molecular formula is C25H33N3O4. The fourth-order valence-electron chi connectivity index (χ4n) is 5.14. The van der Waals surface area contributed by atoms with E-state index in [4.69, 9.17) is 9.47 Å². The number of phenols is 1. The van der Waals surface area contributed by atoms with E-state index in [9.17, 15) is 9.90 Å². The van der Waals surface area contributed by atoms with E-state index in [1.807, 2.05) is 29.2 Å². The van der Waals surface area contributed by atoms with Gasteiger partial charge in [0.2, 0.25) is 0 Å². The second kappa shape index (κ2) is 9.00. The molecule has 7 heteroatoms. The maximum Gasteiger partial charge on any atom is 0.318 e. The smallest absolute Gasteiger partial charge is 0.318 e. The molecule has 0 atom stereocenters. The quantitative estimate of drug-likeness (QED) is 0.644. The standard InChI is InChI=1S/C25H33N3O4/c1-27(2)25(20-6-10-22(11-7-20)32-18-31-3)14-12-24(13-15-25)17-28(23(30)26-24)16-19-4-8-21(29)9-5-19/h4-11,29H,12-18H2,1-3H3,(H,26,30)/t24-,25+. The van der Waals surface area contributed by atoms with Crippen LogP contribution in [-0.4, -0.2) is 61.0 Å². The van der Waals surface area contributed by atoms with E-state index in [2.05, 4.69) is 36.4 Å². The minimum absolute atomic E-state index is 0.00456. The van der Waals surface area contributed by atoms with Gasteiger partial charge in [-0.05, 0) is 75.2 Å². The number of ether oxygens (including phenoxy) is 2. The summed E-state index contributed by atoms with van der Waals surface area (Å²) in [7, 11) is 5.89. The highest BCUT2D eigenvalue weighted by Gasteiger charge is 2.49. The van der Waals surface area contributed by atoms with Gasteiger partial charge in [-0.1, -0.05) is 24.3 Å². The summed E-state index contributed by atoms with van der Waals surface area (Å²) in [5, 5.41) is 12.8. The minimum atomic E-state index is -0.185. The number of hydrogen-bond acceptors (Lipinski definition) is 5. The van der Waals surface area contributed by atoms with Gasteiger partial charge in [0.25, 0.3) is 0 Å². The van der Waals surface area contributed by atoms with Crippen molar-refractivity contribution in [1.29, 1.82) is 0 Å². The van der Waals surface area contributed by atoms with Crippen LogP contribution >= 0.6 is 0 Å². The maximum atomic E-state index is 12.7. The third-order valence-corrected chi connectivity index (χ3v) is 7.09. The van der Waals surface area contributed by atoms with E-state index < -0.39 is 0 Å². The van der Waals surface area contributed by atoms with Crippen LogP contribution in [0.15, 0.2) is 48.5 Å². The number of urea groups is 1. The van der Waals surface area contributed by atoms with Gasteiger partial charge in [0.05, 0.1) is 5.54 Å². The number of carbonyl (C=O) groups excluding carboxylic acids is 1. The summed E-state index contributed by atoms with van der Waals surface area (Å²) >= 11 is 0. The van der Waals surface area contributed by atoms with Gasteiger partial charge in [-0.3, -0.25) is 4.90 Å². The summed E-state index contributed by atoms with van der Waals surface area (Å²) in [6.45, 7) is 1.50. The molecule has 32 heavy (non-hydrogen) atoms. The van der Waals surface area contributed by atoms with Crippen LogP contribution in [0.5, 0.6) is 11.5 Å². The number of phenolic OH excluding ortho intramolecular Hbond substituents is 1. The summed E-state index contributed by atoms with van der Waals surface area (Å²) in [4.78, 5) is 16.9. The third kappa shape index (κ3) is 4.40. The van der Waals surface area contributed by atoms with Crippen LogP contribution in [0.4, 0.5) is 4.79 Å². The van der Waals surface area contributed by atoms with Crippen molar-refractivity contribution in [2.24, 2.45) is 0 Å². The number of nitrogens with one attached hydrogen (secondary N) is 1. The Hall–Kier alpha value is -2.77. The van der Waals surface area contributed by atoms with Crippen molar-refractivity contribution in [2.45, 2.75) is 43.3 Å². The largest absolute Gasteiger partial charge is 0.508 e. The third-order valence-electron chi connectivity index (χ3n) is 7.09. The molecule has 1 heterocycles. The summed E-state index contributed by atoms with van der Waals surface area (Å²) in [6, 6.07) is 15.3. The number of amides is 2. The number of carbonyl (C=O) groups is 1. The van der Waals surface area contributed by atoms with E-state index in [1.54, 1.807) is 19.2 Å². The number of nitrogens with zero attached hydrogens (tertiary/aromatic N) is 2. The van der Waals surface area contributed by atoms with Gasteiger partial charge >= 0.3 is 6.03 Å². The Labute approximate surface area is 189 Å². The van der Waals surface area contributed by atoms with E-state index in [0.717, 1.165) is 37.0 Å². The van der Waals surface area contributed by atoms with E-state index in [-0.39, 0.29) is 29.7 Å². The number of aromatic hydroxyl groups is 1. The average molecular weight is 440 g/mol. The molecule has 1 saturated carbocycles. The van der Waals surface area contributed by atoms with Crippen molar-refractivity contribution in [1.82, 2.24) is 15.1 Å². The lowest BCUT2D eigenvalue weighted by molar-refractivity contribution is 0.0504. The van der Waals surface area contributed by atoms with Gasteiger partial charge in [0.15, 0.2) is 6.79 Å². The number of methoxy groups -OCH3 is 1. The summed E-state index contributed by atoms with van der Waals surface area (Å²) < 4.78 is 10.5. The first kappa shape index (κ1) is 22.4. The van der Waals surface area contributed by atoms with Crippen molar-refractivity contribution in [3.05, 3.63) is 59.7 Å². The molecule has 1 spiro atoms. The monoisotopic (exact) mass is 439 g/mol. The number of benzene rings is 2. The SMILES string of the molecule is COCOc1ccc([C@]2(N(C)C)CC[C@@]3(CC2)CN(Cc2ccc(O)cc2)C(=O)N3)cc1. The molecule has 2 fully saturated rings. The van der Waals surface area contributed by atoms with Gasteiger partial charge in [0.1, 0.15) is 11.5 Å². The Morgan fingerprint density at radius 1 is 1.03 bits per heavy atom. The van der Waals surface area contributed by atoms with Crippen molar-refractivity contribution < 1.29 is 19.4 Å². The lowest BCUT2D eigenvalue weighted by Crippen LogP contribution is -2.54. The molecule has 2 aliphatic rings. The molecule has 0 bridgehead atoms. The first-order valence-corrected chi connectivity index (χ1v) is 11.1. The van der Waals surface area contributed by atoms with Crippen LogP contribution in [0.25, 0.3) is 0 Å². The summed E-state index contributed by atoms with van der Waals surface area (Å²) in [6.07, 6.45) is 3.77. The lowest BCUT2D eigenvalue weighted by Gasteiger charge is -2.48. The van der Waals surface area contributed by atoms with Crippen LogP contribution in [0.2, 0.25) is 0 Å². The van der Waals surface area contributed by atoms with Gasteiger partial charge < -0.3 is 24.8 Å². The molecule has 2 aromatic carbocycles. The Bertz CT molecular complexity index is 919. The molecule has 1 aliphatic heterocycles. The van der Waals surface area contributed by atoms with Crippen LogP contribution in [0.1, 0.15) is 36.8 Å². The summed E-state index contributed by atoms with van der Waals surface area (Å²) in [5.41, 5.74) is 2.03. The zero-order chi connectivity index (χ0) is 22.8. The first-order chi connectivity index (χ1) is 15.4. The maximum absolute atomic E-state index is 12.7. The molecule has 7 nitrogen and oxygen atoms in total. The fraction of sp³-hybridized carbons (Fsp3) is 0.480. The zero-order valence-corrected chi connectivity index (χ0v) is 19.1. The Morgan fingerprint density at radius 2 is 1.69 bits per heavy atom. The molecule has 1 saturated heterocycles. The summed E-state index contributed by atoms with van der Waals surface area (Å²) in [5.74, 6) is 1.03. The first-order valence-electron chi connectivity index (χ1n) is 11.1. The second-order valence-corrected chi connectivity index (χ2v) is 9.23. The van der Waals surface area contributed by atoms with Crippen LogP contribution < -0.4 is 10.1 Å². The normalized spacial score (nSPS) is 25.4. The van der Waals surface area contributed by atoms with E-state index in [0.29, 0.717) is 13.1 Å². The fourth-order valence-corrected chi connectivity index (χ4v) is 5.14. The highest BCUT2D eigenvalue weighted by molar-refractivity contribution is 5.78. The topological polar surface area (TPSA) is 74.3 Å². The Morgan fingerprint density at radius 3 is 2.28 bits per heavy atom. The molecular weight excluding hydrogens is 406 g/mol. The van der Waals surface area contributed by atoms with E-state index in [1.165, 1.54) is 5.56 Å². The van der Waals surface area contributed by atoms with Gasteiger partial charge in [0, 0.05) is 25.7 Å². The predicted molar refractivity (Wildman–Crippen MR) is 123 cm³/mol. The van der Waals surface area contributed by atoms with Gasteiger partial charge in [-0.2, -0.15) is 0 Å². The second-order valence-electron chi connectivity index (χ2n) is 9.23.